The molecular formula is C8H14N2O. The largest absolute Gasteiger partial charge is 0.341 e. The second-order valence-electron chi connectivity index (χ2n) is 3.53. The van der Waals surface area contributed by atoms with Crippen LogP contribution in [0.4, 0.5) is 0 Å². The molecule has 2 aliphatic heterocycles. The van der Waals surface area contributed by atoms with Gasteiger partial charge in [-0.3, -0.25) is 4.79 Å². The minimum atomic E-state index is 0.223. The first-order chi connectivity index (χ1) is 5.27. The number of carbonyl (C=O) groups excluding carboxylic acids is 1. The predicted molar refractivity (Wildman–Crippen MR) is 42.2 cm³/mol. The van der Waals surface area contributed by atoms with Gasteiger partial charge >= 0.3 is 0 Å². The second kappa shape index (κ2) is 2.48. The van der Waals surface area contributed by atoms with E-state index in [-0.39, 0.29) is 5.91 Å². The van der Waals surface area contributed by atoms with Crippen LogP contribution in [-0.4, -0.2) is 36.5 Å². The topological polar surface area (TPSA) is 32.3 Å². The molecule has 0 saturated carbocycles. The molecule has 0 spiro atoms. The molecule has 2 fully saturated rings. The van der Waals surface area contributed by atoms with Crippen molar-refractivity contribution in [3.63, 3.8) is 0 Å². The number of likely N-dealkylation sites (tertiary alicyclic amines) is 1. The van der Waals surface area contributed by atoms with E-state index in [0.29, 0.717) is 6.04 Å². The standard InChI is InChI=1S/C8H14N2O/c1-6(11)10-4-7-2-3-9-8(7)5-10/h7-9H,2-5H2,1H3. The summed E-state index contributed by atoms with van der Waals surface area (Å²) in [6, 6.07) is 0.596. The van der Waals surface area contributed by atoms with Crippen LogP contribution < -0.4 is 5.32 Å². The SMILES string of the molecule is CC(=O)N1CC2CCNC2C1. The molecule has 2 aliphatic rings. The number of rotatable bonds is 0. The van der Waals surface area contributed by atoms with Crippen molar-refractivity contribution in [2.24, 2.45) is 5.92 Å². The Balaban J connectivity index is 1.99. The Morgan fingerprint density at radius 2 is 2.36 bits per heavy atom. The van der Waals surface area contributed by atoms with Gasteiger partial charge in [0.2, 0.25) is 5.91 Å². The molecule has 2 heterocycles. The molecule has 0 aromatic rings. The molecule has 62 valence electrons. The smallest absolute Gasteiger partial charge is 0.219 e. The van der Waals surface area contributed by atoms with Crippen LogP contribution in [0.1, 0.15) is 13.3 Å². The molecule has 2 unspecified atom stereocenters. The minimum Gasteiger partial charge on any atom is -0.341 e. The number of nitrogens with zero attached hydrogens (tertiary/aromatic N) is 1. The maximum absolute atomic E-state index is 11.0. The van der Waals surface area contributed by atoms with E-state index in [9.17, 15) is 4.79 Å². The Morgan fingerprint density at radius 3 is 3.00 bits per heavy atom. The zero-order chi connectivity index (χ0) is 7.84. The van der Waals surface area contributed by atoms with E-state index in [4.69, 9.17) is 0 Å². The summed E-state index contributed by atoms with van der Waals surface area (Å²) in [7, 11) is 0. The van der Waals surface area contributed by atoms with Gasteiger partial charge in [-0.2, -0.15) is 0 Å². The molecule has 3 heteroatoms. The number of fused-ring (bicyclic) bond motifs is 1. The van der Waals surface area contributed by atoms with Crippen LogP contribution in [0.25, 0.3) is 0 Å². The lowest BCUT2D eigenvalue weighted by molar-refractivity contribution is -0.128. The van der Waals surface area contributed by atoms with Crippen molar-refractivity contribution in [1.29, 1.82) is 0 Å². The fraction of sp³-hybridized carbons (Fsp3) is 0.875. The molecule has 1 amide bonds. The van der Waals surface area contributed by atoms with Crippen molar-refractivity contribution in [3.05, 3.63) is 0 Å². The summed E-state index contributed by atoms with van der Waals surface area (Å²) in [5.74, 6) is 0.958. The van der Waals surface area contributed by atoms with E-state index in [1.807, 2.05) is 4.90 Å². The normalized spacial score (nSPS) is 35.9. The Kier molecular flexibility index (Phi) is 1.60. The Hall–Kier alpha value is -0.570. The van der Waals surface area contributed by atoms with E-state index in [1.54, 1.807) is 6.92 Å². The summed E-state index contributed by atoms with van der Waals surface area (Å²) in [4.78, 5) is 12.9. The zero-order valence-corrected chi connectivity index (χ0v) is 6.84. The van der Waals surface area contributed by atoms with Gasteiger partial charge < -0.3 is 10.2 Å². The highest BCUT2D eigenvalue weighted by Crippen LogP contribution is 2.24. The summed E-state index contributed by atoms with van der Waals surface area (Å²) >= 11 is 0. The highest BCUT2D eigenvalue weighted by molar-refractivity contribution is 5.73. The molecule has 0 bridgehead atoms. The Bertz CT molecular complexity index is 169. The highest BCUT2D eigenvalue weighted by Gasteiger charge is 2.36. The van der Waals surface area contributed by atoms with Gasteiger partial charge in [-0.05, 0) is 18.9 Å². The van der Waals surface area contributed by atoms with Crippen molar-refractivity contribution in [1.82, 2.24) is 10.2 Å². The predicted octanol–water partition coefficient (Wildman–Crippen LogP) is -0.173. The fourth-order valence-electron chi connectivity index (χ4n) is 2.11. The zero-order valence-electron chi connectivity index (χ0n) is 6.84. The van der Waals surface area contributed by atoms with E-state index in [1.165, 1.54) is 6.42 Å². The average molecular weight is 154 g/mol. The van der Waals surface area contributed by atoms with Crippen LogP contribution in [0.15, 0.2) is 0 Å². The van der Waals surface area contributed by atoms with E-state index < -0.39 is 0 Å². The summed E-state index contributed by atoms with van der Waals surface area (Å²) in [6.45, 7) is 4.70. The van der Waals surface area contributed by atoms with Gasteiger partial charge in [-0.15, -0.1) is 0 Å². The number of hydrogen-bond acceptors (Lipinski definition) is 2. The van der Waals surface area contributed by atoms with Gasteiger partial charge in [-0.25, -0.2) is 0 Å². The molecule has 2 rings (SSSR count). The van der Waals surface area contributed by atoms with Crippen LogP contribution in [-0.2, 0) is 4.79 Å². The first-order valence-electron chi connectivity index (χ1n) is 4.26. The van der Waals surface area contributed by atoms with Crippen LogP contribution in [0, 0.1) is 5.92 Å². The molecule has 2 atom stereocenters. The molecule has 0 radical (unpaired) electrons. The summed E-state index contributed by atoms with van der Waals surface area (Å²) in [5.41, 5.74) is 0. The lowest BCUT2D eigenvalue weighted by Gasteiger charge is -2.13. The minimum absolute atomic E-state index is 0.223. The van der Waals surface area contributed by atoms with E-state index >= 15 is 0 Å². The summed E-state index contributed by atoms with van der Waals surface area (Å²) < 4.78 is 0. The van der Waals surface area contributed by atoms with Crippen molar-refractivity contribution in [2.75, 3.05) is 19.6 Å². The third-order valence-electron chi connectivity index (χ3n) is 2.81. The van der Waals surface area contributed by atoms with Crippen molar-refractivity contribution in [2.45, 2.75) is 19.4 Å². The first kappa shape index (κ1) is 7.10. The summed E-state index contributed by atoms with van der Waals surface area (Å²) in [6.07, 6.45) is 1.24. The van der Waals surface area contributed by atoms with Gasteiger partial charge in [0.25, 0.3) is 0 Å². The molecule has 1 N–H and O–H groups in total. The lowest BCUT2D eigenvalue weighted by Crippen LogP contribution is -2.32. The quantitative estimate of drug-likeness (QED) is 0.525. The first-order valence-corrected chi connectivity index (χ1v) is 4.26. The molecule has 2 saturated heterocycles. The van der Waals surface area contributed by atoms with E-state index in [2.05, 4.69) is 5.32 Å². The number of amides is 1. The van der Waals surface area contributed by atoms with Gasteiger partial charge in [0, 0.05) is 26.1 Å². The fourth-order valence-corrected chi connectivity index (χ4v) is 2.11. The third-order valence-corrected chi connectivity index (χ3v) is 2.81. The maximum Gasteiger partial charge on any atom is 0.219 e. The molecule has 3 nitrogen and oxygen atoms in total. The van der Waals surface area contributed by atoms with Gasteiger partial charge in [0.15, 0.2) is 0 Å². The van der Waals surface area contributed by atoms with Crippen LogP contribution in [0.5, 0.6) is 0 Å². The van der Waals surface area contributed by atoms with Crippen LogP contribution in [0.2, 0.25) is 0 Å². The molecule has 0 aliphatic carbocycles. The van der Waals surface area contributed by atoms with Gasteiger partial charge in [-0.1, -0.05) is 0 Å². The summed E-state index contributed by atoms with van der Waals surface area (Å²) in [5, 5.41) is 3.41. The third kappa shape index (κ3) is 1.13. The molecular weight excluding hydrogens is 140 g/mol. The number of hydrogen-bond donors (Lipinski definition) is 1. The van der Waals surface area contributed by atoms with Crippen molar-refractivity contribution >= 4 is 5.91 Å². The maximum atomic E-state index is 11.0. The van der Waals surface area contributed by atoms with Crippen LogP contribution >= 0.6 is 0 Å². The second-order valence-corrected chi connectivity index (χ2v) is 3.53. The molecule has 11 heavy (non-hydrogen) atoms. The van der Waals surface area contributed by atoms with Gasteiger partial charge in [0.05, 0.1) is 0 Å². The monoisotopic (exact) mass is 154 g/mol. The van der Waals surface area contributed by atoms with Gasteiger partial charge in [0.1, 0.15) is 0 Å². The van der Waals surface area contributed by atoms with Crippen LogP contribution in [0.3, 0.4) is 0 Å². The average Bonchev–Trinajstić information content (AvgIpc) is 2.40. The number of carbonyl (C=O) groups is 1. The van der Waals surface area contributed by atoms with E-state index in [0.717, 1.165) is 25.6 Å². The number of nitrogens with one attached hydrogen (secondary N) is 1. The highest BCUT2D eigenvalue weighted by atomic mass is 16.2. The molecule has 0 aromatic carbocycles. The Labute approximate surface area is 66.8 Å². The lowest BCUT2D eigenvalue weighted by atomic mass is 10.1. The van der Waals surface area contributed by atoms with Crippen molar-refractivity contribution < 1.29 is 4.79 Å². The molecule has 0 aromatic heterocycles. The Morgan fingerprint density at radius 1 is 1.55 bits per heavy atom. The van der Waals surface area contributed by atoms with Crippen molar-refractivity contribution in [3.8, 4) is 0 Å².